The van der Waals surface area contributed by atoms with Crippen LogP contribution in [0.3, 0.4) is 0 Å². The lowest BCUT2D eigenvalue weighted by Gasteiger charge is -2.40. The molecule has 37 heavy (non-hydrogen) atoms. The fraction of sp³-hybridized carbons (Fsp3) is 0.407. The van der Waals surface area contributed by atoms with E-state index in [2.05, 4.69) is 42.1 Å². The predicted molar refractivity (Wildman–Crippen MR) is 139 cm³/mol. The highest BCUT2D eigenvalue weighted by Crippen LogP contribution is 2.33. The number of pyridine rings is 1. The Labute approximate surface area is 214 Å². The fourth-order valence-electron chi connectivity index (χ4n) is 5.79. The largest absolute Gasteiger partial charge is 0.326 e. The molecule has 1 aromatic carbocycles. The van der Waals surface area contributed by atoms with Crippen molar-refractivity contribution < 1.29 is 8.78 Å². The topological polar surface area (TPSA) is 75.0 Å². The van der Waals surface area contributed by atoms with E-state index < -0.39 is 11.6 Å². The highest BCUT2D eigenvalue weighted by Gasteiger charge is 2.43. The maximum atomic E-state index is 15.0. The first-order valence-electron chi connectivity index (χ1n) is 12.6. The Kier molecular flexibility index (Phi) is 5.88. The van der Waals surface area contributed by atoms with Gasteiger partial charge in [0.1, 0.15) is 23.0 Å². The van der Waals surface area contributed by atoms with Gasteiger partial charge in [-0.3, -0.25) is 4.90 Å². The van der Waals surface area contributed by atoms with Crippen molar-refractivity contribution in [1.29, 1.82) is 0 Å². The lowest BCUT2D eigenvalue weighted by atomic mass is 9.93. The average molecular weight is 505 g/mol. The van der Waals surface area contributed by atoms with Crippen LogP contribution in [0, 0.1) is 24.5 Å². The summed E-state index contributed by atoms with van der Waals surface area (Å²) in [6, 6.07) is 5.39. The molecule has 0 aliphatic carbocycles. The monoisotopic (exact) mass is 504 g/mol. The molecule has 0 unspecified atom stereocenters. The van der Waals surface area contributed by atoms with Gasteiger partial charge in [-0.05, 0) is 51.6 Å². The van der Waals surface area contributed by atoms with Crippen LogP contribution in [0.2, 0.25) is 0 Å². The number of nitrogens with zero attached hydrogens (tertiary/aromatic N) is 7. The van der Waals surface area contributed by atoms with E-state index in [9.17, 15) is 8.78 Å². The van der Waals surface area contributed by atoms with Crippen LogP contribution in [0.4, 0.5) is 20.5 Å². The number of aryl methyl sites for hydroxylation is 1. The molecular weight excluding hydrogens is 474 g/mol. The van der Waals surface area contributed by atoms with Crippen molar-refractivity contribution in [2.24, 2.45) is 5.92 Å². The Balaban J connectivity index is 1.22. The van der Waals surface area contributed by atoms with Gasteiger partial charge in [0.05, 0.1) is 11.7 Å². The third-order valence-electron chi connectivity index (χ3n) is 7.53. The van der Waals surface area contributed by atoms with E-state index in [1.807, 2.05) is 37.7 Å². The van der Waals surface area contributed by atoms with Crippen LogP contribution >= 0.6 is 0 Å². The number of anilines is 2. The zero-order valence-corrected chi connectivity index (χ0v) is 21.4. The highest BCUT2D eigenvalue weighted by atomic mass is 19.1. The first kappa shape index (κ1) is 23.9. The summed E-state index contributed by atoms with van der Waals surface area (Å²) in [6.07, 6.45) is 4.74. The summed E-state index contributed by atoms with van der Waals surface area (Å²) in [6.45, 7) is 10.0. The van der Waals surface area contributed by atoms with E-state index in [1.165, 1.54) is 12.6 Å². The number of likely N-dealkylation sites (tertiary alicyclic amines) is 2. The van der Waals surface area contributed by atoms with Gasteiger partial charge >= 0.3 is 0 Å². The molecule has 0 bridgehead atoms. The summed E-state index contributed by atoms with van der Waals surface area (Å²) in [5.41, 5.74) is 2.60. The van der Waals surface area contributed by atoms with Crippen molar-refractivity contribution in [2.45, 2.75) is 39.4 Å². The zero-order valence-electron chi connectivity index (χ0n) is 21.4. The van der Waals surface area contributed by atoms with Gasteiger partial charge in [0, 0.05) is 67.7 Å². The second-order valence-electron chi connectivity index (χ2n) is 10.5. The molecule has 2 aliphatic rings. The molecule has 8 nitrogen and oxygen atoms in total. The van der Waals surface area contributed by atoms with Gasteiger partial charge in [0.2, 0.25) is 5.95 Å². The van der Waals surface area contributed by atoms with Gasteiger partial charge in [0.15, 0.2) is 5.82 Å². The summed E-state index contributed by atoms with van der Waals surface area (Å²) in [4.78, 5) is 22.2. The number of likely N-dealkylation sites (N-methyl/N-ethyl adjacent to an activating group) is 1. The van der Waals surface area contributed by atoms with Crippen molar-refractivity contribution in [3.8, 4) is 11.1 Å². The van der Waals surface area contributed by atoms with Crippen LogP contribution in [-0.4, -0.2) is 67.0 Å². The molecule has 0 radical (unpaired) electrons. The summed E-state index contributed by atoms with van der Waals surface area (Å²) in [5, 5.41) is 3.05. The molecule has 6 rings (SSSR count). The molecule has 1 N–H and O–H groups in total. The van der Waals surface area contributed by atoms with Crippen LogP contribution in [0.25, 0.3) is 22.2 Å². The van der Waals surface area contributed by atoms with Crippen molar-refractivity contribution in [3.05, 3.63) is 59.8 Å². The Hall–Kier alpha value is -3.50. The molecule has 2 saturated heterocycles. The van der Waals surface area contributed by atoms with Crippen LogP contribution in [0.15, 0.2) is 36.8 Å². The number of rotatable bonds is 6. The first-order chi connectivity index (χ1) is 17.8. The predicted octanol–water partition coefficient (Wildman–Crippen LogP) is 4.55. The number of hydrogen-bond donors (Lipinski definition) is 1. The van der Waals surface area contributed by atoms with Gasteiger partial charge in [-0.1, -0.05) is 0 Å². The summed E-state index contributed by atoms with van der Waals surface area (Å²) < 4.78 is 31.8. The van der Waals surface area contributed by atoms with Gasteiger partial charge in [-0.2, -0.15) is 0 Å². The van der Waals surface area contributed by atoms with Crippen LogP contribution in [0.1, 0.15) is 31.3 Å². The molecule has 2 atom stereocenters. The molecule has 5 heterocycles. The molecule has 0 amide bonds. The average Bonchev–Trinajstić information content (AvgIpc) is 3.37. The van der Waals surface area contributed by atoms with Crippen molar-refractivity contribution in [3.63, 3.8) is 0 Å². The van der Waals surface area contributed by atoms with Crippen molar-refractivity contribution >= 4 is 22.8 Å². The molecule has 2 aliphatic heterocycles. The van der Waals surface area contributed by atoms with Gasteiger partial charge in [-0.15, -0.1) is 0 Å². The minimum absolute atomic E-state index is 0.0845. The SMILES string of the molecule is Cc1nc2c(F)cc(-c3cc(Nc4ncc(CN5C[C@H]6CN(C)[C@H]6C5)cn4)ncc3F)cc2n1C(C)C. The third-order valence-corrected chi connectivity index (χ3v) is 7.53. The number of imidazole rings is 1. The molecule has 0 saturated carbocycles. The highest BCUT2D eigenvalue weighted by molar-refractivity contribution is 5.84. The number of nitrogens with one attached hydrogen (secondary N) is 1. The van der Waals surface area contributed by atoms with E-state index in [4.69, 9.17) is 0 Å². The number of hydrogen-bond acceptors (Lipinski definition) is 7. The minimum Gasteiger partial charge on any atom is -0.326 e. The second-order valence-corrected chi connectivity index (χ2v) is 10.5. The lowest BCUT2D eigenvalue weighted by molar-refractivity contribution is 0.0825. The van der Waals surface area contributed by atoms with E-state index in [1.54, 1.807) is 12.1 Å². The molecule has 192 valence electrons. The molecule has 4 aromatic rings. The maximum absolute atomic E-state index is 15.0. The quantitative estimate of drug-likeness (QED) is 0.413. The third kappa shape index (κ3) is 4.34. The number of aromatic nitrogens is 5. The molecule has 10 heteroatoms. The van der Waals surface area contributed by atoms with Gasteiger partial charge < -0.3 is 14.8 Å². The van der Waals surface area contributed by atoms with E-state index in [0.29, 0.717) is 34.7 Å². The summed E-state index contributed by atoms with van der Waals surface area (Å²) in [7, 11) is 2.18. The number of benzene rings is 1. The van der Waals surface area contributed by atoms with Crippen molar-refractivity contribution in [1.82, 2.24) is 34.3 Å². The Morgan fingerprint density at radius 2 is 1.78 bits per heavy atom. The van der Waals surface area contributed by atoms with Gasteiger partial charge in [0.25, 0.3) is 0 Å². The molecule has 0 spiro atoms. The van der Waals surface area contributed by atoms with E-state index in [-0.39, 0.29) is 17.1 Å². The second kappa shape index (κ2) is 9.11. The molecule has 3 aromatic heterocycles. The number of fused-ring (bicyclic) bond motifs is 2. The van der Waals surface area contributed by atoms with E-state index >= 15 is 0 Å². The normalized spacial score (nSPS) is 20.0. The summed E-state index contributed by atoms with van der Waals surface area (Å²) >= 11 is 0. The van der Waals surface area contributed by atoms with Gasteiger partial charge in [-0.25, -0.2) is 28.7 Å². The van der Waals surface area contributed by atoms with E-state index in [0.717, 1.165) is 37.3 Å². The Morgan fingerprint density at radius 3 is 2.49 bits per heavy atom. The first-order valence-corrected chi connectivity index (χ1v) is 12.6. The smallest absolute Gasteiger partial charge is 0.228 e. The van der Waals surface area contributed by atoms with Crippen LogP contribution < -0.4 is 5.32 Å². The minimum atomic E-state index is -0.543. The lowest BCUT2D eigenvalue weighted by Crippen LogP contribution is -2.52. The van der Waals surface area contributed by atoms with Crippen molar-refractivity contribution in [2.75, 3.05) is 32.0 Å². The molecular formula is C27H30F2N8. The van der Waals surface area contributed by atoms with Crippen LogP contribution in [0.5, 0.6) is 0 Å². The molecule has 2 fully saturated rings. The summed E-state index contributed by atoms with van der Waals surface area (Å²) in [5.74, 6) is 1.19. The fourth-order valence-corrected chi connectivity index (χ4v) is 5.79. The standard InChI is InChI=1S/C27H30F2N8/c1-15(2)37-16(3)33-26-21(28)5-18(6-23(26)37)20-7-25(30-10-22(20)29)34-27-31-8-17(9-32-27)11-36-13-19-12-35(4)24(19)14-36/h5-10,15,19,24H,11-14H2,1-4H3,(H,30,31,32,34)/t19-,24+/m1/s1. The zero-order chi connectivity index (χ0) is 25.8. The Morgan fingerprint density at radius 1 is 1.00 bits per heavy atom. The van der Waals surface area contributed by atoms with Crippen LogP contribution in [-0.2, 0) is 6.54 Å². The number of halogens is 2. The Bertz CT molecular complexity index is 1470. The maximum Gasteiger partial charge on any atom is 0.228 e.